The molecule has 4 rings (SSSR count). The third-order valence-corrected chi connectivity index (χ3v) is 3.39. The maximum absolute atomic E-state index is 14.0. The van der Waals surface area contributed by atoms with E-state index >= 15 is 0 Å². The Morgan fingerprint density at radius 3 is 2.71 bits per heavy atom. The molecule has 7 nitrogen and oxygen atoms in total. The number of pyridine rings is 1. The Morgan fingerprint density at radius 1 is 1.08 bits per heavy atom. The maximum Gasteiger partial charge on any atom is 0.285 e. The van der Waals surface area contributed by atoms with E-state index in [1.54, 1.807) is 36.5 Å². The van der Waals surface area contributed by atoms with Crippen molar-refractivity contribution in [1.82, 2.24) is 29.9 Å². The van der Waals surface area contributed by atoms with Crippen molar-refractivity contribution < 1.29 is 8.81 Å². The summed E-state index contributed by atoms with van der Waals surface area (Å²) in [6.45, 7) is 0.185. The largest absolute Gasteiger partial charge is 0.421 e. The molecule has 0 saturated carbocycles. The van der Waals surface area contributed by atoms with Crippen molar-refractivity contribution in [3.05, 3.63) is 66.4 Å². The van der Waals surface area contributed by atoms with Gasteiger partial charge in [0.1, 0.15) is 11.5 Å². The molecule has 1 aromatic carbocycles. The maximum atomic E-state index is 14.0. The van der Waals surface area contributed by atoms with Crippen molar-refractivity contribution in [2.45, 2.75) is 6.54 Å². The lowest BCUT2D eigenvalue weighted by Gasteiger charge is -2.04. The number of aromatic nitrogens is 6. The van der Waals surface area contributed by atoms with E-state index < -0.39 is 0 Å². The van der Waals surface area contributed by atoms with Gasteiger partial charge in [0.2, 0.25) is 12.2 Å². The van der Waals surface area contributed by atoms with Gasteiger partial charge in [-0.3, -0.25) is 4.98 Å². The minimum Gasteiger partial charge on any atom is -0.421 e. The average Bonchev–Trinajstić information content (AvgIpc) is 3.27. The Kier molecular flexibility index (Phi) is 3.54. The molecule has 0 fully saturated rings. The topological polar surface area (TPSA) is 82.5 Å². The van der Waals surface area contributed by atoms with E-state index in [1.807, 2.05) is 6.07 Å². The molecule has 0 spiro atoms. The summed E-state index contributed by atoms with van der Waals surface area (Å²) in [5.74, 6) is 0.654. The third kappa shape index (κ3) is 2.65. The van der Waals surface area contributed by atoms with E-state index in [9.17, 15) is 4.39 Å². The van der Waals surface area contributed by atoms with Crippen LogP contribution in [0.1, 0.15) is 5.56 Å². The molecule has 8 heteroatoms. The van der Waals surface area contributed by atoms with Gasteiger partial charge in [0.05, 0.1) is 6.54 Å². The monoisotopic (exact) mass is 322 g/mol. The van der Waals surface area contributed by atoms with Gasteiger partial charge in [-0.1, -0.05) is 24.3 Å². The summed E-state index contributed by atoms with van der Waals surface area (Å²) >= 11 is 0. The highest BCUT2D eigenvalue weighted by Gasteiger charge is 2.19. The molecule has 3 heterocycles. The summed E-state index contributed by atoms with van der Waals surface area (Å²) in [4.78, 5) is 8.65. The molecule has 0 atom stereocenters. The van der Waals surface area contributed by atoms with E-state index in [-0.39, 0.29) is 18.3 Å². The van der Waals surface area contributed by atoms with E-state index in [0.717, 1.165) is 0 Å². The van der Waals surface area contributed by atoms with Gasteiger partial charge in [-0.2, -0.15) is 0 Å². The van der Waals surface area contributed by atoms with Gasteiger partial charge in [-0.05, 0) is 18.2 Å². The van der Waals surface area contributed by atoms with Crippen molar-refractivity contribution in [2.24, 2.45) is 0 Å². The summed E-state index contributed by atoms with van der Waals surface area (Å²) in [7, 11) is 0. The van der Waals surface area contributed by atoms with Gasteiger partial charge in [0.25, 0.3) is 5.89 Å². The van der Waals surface area contributed by atoms with Gasteiger partial charge in [0, 0.05) is 11.8 Å². The fraction of sp³-hybridized carbons (Fsp3) is 0.0625. The Hall–Kier alpha value is -3.42. The lowest BCUT2D eigenvalue weighted by Crippen LogP contribution is -2.06. The molecule has 0 aliphatic heterocycles. The quantitative estimate of drug-likeness (QED) is 0.574. The predicted octanol–water partition coefficient (Wildman–Crippen LogP) is 2.58. The van der Waals surface area contributed by atoms with Crippen LogP contribution in [0.15, 0.2) is 59.5 Å². The Bertz CT molecular complexity index is 952. The number of benzene rings is 1. The minimum atomic E-state index is -0.316. The number of nitrogens with zero attached hydrogens (tertiary/aromatic N) is 6. The summed E-state index contributed by atoms with van der Waals surface area (Å²) in [6, 6.07) is 11.9. The second kappa shape index (κ2) is 5.99. The number of hydrogen-bond acceptors (Lipinski definition) is 6. The molecular formula is C16H11FN6O. The molecule has 0 N–H and O–H groups in total. The van der Waals surface area contributed by atoms with Crippen LogP contribution in [0.25, 0.3) is 23.2 Å². The van der Waals surface area contributed by atoms with E-state index in [2.05, 4.69) is 25.3 Å². The van der Waals surface area contributed by atoms with E-state index in [0.29, 0.717) is 22.9 Å². The zero-order valence-electron chi connectivity index (χ0n) is 12.4. The number of hydrogen-bond donors (Lipinski definition) is 0. The fourth-order valence-corrected chi connectivity index (χ4v) is 2.27. The van der Waals surface area contributed by atoms with Crippen LogP contribution in [0.3, 0.4) is 0 Å². The van der Waals surface area contributed by atoms with Crippen LogP contribution in [0.2, 0.25) is 0 Å². The van der Waals surface area contributed by atoms with Crippen LogP contribution in [-0.4, -0.2) is 29.9 Å². The first-order valence-electron chi connectivity index (χ1n) is 7.17. The molecule has 0 unspecified atom stereocenters. The van der Waals surface area contributed by atoms with Crippen molar-refractivity contribution in [3.63, 3.8) is 0 Å². The molecule has 0 bridgehead atoms. The zero-order valence-corrected chi connectivity index (χ0v) is 12.4. The Labute approximate surface area is 135 Å². The molecule has 0 amide bonds. The molecule has 0 radical (unpaired) electrons. The third-order valence-electron chi connectivity index (χ3n) is 3.39. The van der Waals surface area contributed by atoms with Crippen LogP contribution in [0.5, 0.6) is 0 Å². The van der Waals surface area contributed by atoms with Gasteiger partial charge < -0.3 is 4.42 Å². The van der Waals surface area contributed by atoms with Crippen molar-refractivity contribution in [1.29, 1.82) is 0 Å². The van der Waals surface area contributed by atoms with Crippen LogP contribution in [0.4, 0.5) is 4.39 Å². The van der Waals surface area contributed by atoms with Gasteiger partial charge in [0.15, 0.2) is 5.82 Å². The first-order valence-corrected chi connectivity index (χ1v) is 7.17. The lowest BCUT2D eigenvalue weighted by atomic mass is 10.2. The Morgan fingerprint density at radius 2 is 1.96 bits per heavy atom. The smallest absolute Gasteiger partial charge is 0.285 e. The van der Waals surface area contributed by atoms with Crippen molar-refractivity contribution in [3.8, 4) is 23.2 Å². The highest BCUT2D eigenvalue weighted by atomic mass is 19.1. The first-order chi connectivity index (χ1) is 11.8. The van der Waals surface area contributed by atoms with Crippen molar-refractivity contribution >= 4 is 0 Å². The molecule has 118 valence electrons. The summed E-state index contributed by atoms with van der Waals surface area (Å²) in [6.07, 6.45) is 2.86. The van der Waals surface area contributed by atoms with E-state index in [1.165, 1.54) is 17.1 Å². The second-order valence-corrected chi connectivity index (χ2v) is 4.97. The molecule has 24 heavy (non-hydrogen) atoms. The molecule has 4 aromatic rings. The molecule has 0 saturated heterocycles. The molecular weight excluding hydrogens is 311 g/mol. The van der Waals surface area contributed by atoms with Crippen LogP contribution in [-0.2, 0) is 6.54 Å². The molecule has 0 aliphatic carbocycles. The number of halogens is 1. The van der Waals surface area contributed by atoms with Gasteiger partial charge in [-0.25, -0.2) is 14.1 Å². The average molecular weight is 322 g/mol. The van der Waals surface area contributed by atoms with Crippen molar-refractivity contribution in [2.75, 3.05) is 0 Å². The lowest BCUT2D eigenvalue weighted by molar-refractivity contribution is 0.547. The van der Waals surface area contributed by atoms with Crippen LogP contribution < -0.4 is 0 Å². The zero-order chi connectivity index (χ0) is 16.4. The summed E-state index contributed by atoms with van der Waals surface area (Å²) in [5, 5.41) is 11.9. The summed E-state index contributed by atoms with van der Waals surface area (Å²) in [5.41, 5.74) is 1.08. The fourth-order valence-electron chi connectivity index (χ4n) is 2.27. The number of rotatable bonds is 4. The SMILES string of the molecule is Fc1ccccc1Cn1nc(-c2ccccn2)nc1-c1nnco1. The standard InChI is InChI=1S/C16H11FN6O/c17-12-6-2-1-5-11(12)9-23-15(16-21-19-10-24-16)20-14(22-23)13-7-3-4-8-18-13/h1-8,10H,9H2. The molecule has 3 aromatic heterocycles. The Balaban J connectivity index is 1.80. The highest BCUT2D eigenvalue weighted by molar-refractivity contribution is 5.53. The summed E-state index contributed by atoms with van der Waals surface area (Å²) < 4.78 is 20.7. The first kappa shape index (κ1) is 14.2. The highest BCUT2D eigenvalue weighted by Crippen LogP contribution is 2.21. The normalized spacial score (nSPS) is 10.9. The van der Waals surface area contributed by atoms with E-state index in [4.69, 9.17) is 4.42 Å². The van der Waals surface area contributed by atoms with Gasteiger partial charge >= 0.3 is 0 Å². The van der Waals surface area contributed by atoms with Gasteiger partial charge in [-0.15, -0.1) is 15.3 Å². The minimum absolute atomic E-state index is 0.185. The molecule has 0 aliphatic rings. The van der Waals surface area contributed by atoms with Crippen LogP contribution >= 0.6 is 0 Å². The predicted molar refractivity (Wildman–Crippen MR) is 82.0 cm³/mol. The van der Waals surface area contributed by atoms with Crippen LogP contribution in [0, 0.1) is 5.82 Å². The second-order valence-electron chi connectivity index (χ2n) is 4.97.